The van der Waals surface area contributed by atoms with Crippen molar-refractivity contribution in [3.8, 4) is 0 Å². The van der Waals surface area contributed by atoms with Crippen molar-refractivity contribution in [2.24, 2.45) is 0 Å². The van der Waals surface area contributed by atoms with Gasteiger partial charge in [0.05, 0.1) is 6.04 Å². The Morgan fingerprint density at radius 2 is 2.04 bits per heavy atom. The number of hydrogen-bond acceptors (Lipinski definition) is 7. The lowest BCUT2D eigenvalue weighted by Gasteiger charge is -2.38. The minimum Gasteiger partial charge on any atom is -0.301 e. The van der Waals surface area contributed by atoms with Crippen LogP contribution in [0.3, 0.4) is 0 Å². The number of likely N-dealkylation sites (N-methyl/N-ethyl adjacent to an activating group) is 1. The van der Waals surface area contributed by atoms with Gasteiger partial charge in [0.2, 0.25) is 15.4 Å². The molecule has 8 nitrogen and oxygen atoms in total. The first kappa shape index (κ1) is 18.8. The van der Waals surface area contributed by atoms with E-state index in [-0.39, 0.29) is 34.3 Å². The Bertz CT molecular complexity index is 918. The lowest BCUT2D eigenvalue weighted by Crippen LogP contribution is -2.49. The van der Waals surface area contributed by atoms with Gasteiger partial charge in [-0.2, -0.15) is 4.31 Å². The van der Waals surface area contributed by atoms with Gasteiger partial charge in [-0.3, -0.25) is 9.69 Å². The van der Waals surface area contributed by atoms with E-state index in [0.717, 1.165) is 11.3 Å². The van der Waals surface area contributed by atoms with E-state index in [0.29, 0.717) is 12.1 Å². The summed E-state index contributed by atoms with van der Waals surface area (Å²) in [5.74, 6) is -0.725. The molecule has 0 bridgehead atoms. The normalized spacial score (nSPS) is 19.4. The summed E-state index contributed by atoms with van der Waals surface area (Å²) in [6.07, 6.45) is 0. The molecule has 2 aromatic rings. The first-order valence-electron chi connectivity index (χ1n) is 7.85. The number of hydrogen-bond donors (Lipinski definition) is 1. The molecular weight excluding hydrogens is 381 g/mol. The van der Waals surface area contributed by atoms with Gasteiger partial charge in [0.1, 0.15) is 5.82 Å². The highest BCUT2D eigenvalue weighted by atomic mass is 32.2. The molecular formula is C15H18FN5O3S2. The molecule has 1 aliphatic heterocycles. The summed E-state index contributed by atoms with van der Waals surface area (Å²) >= 11 is 0.791. The number of halogens is 1. The average Bonchev–Trinajstić information content (AvgIpc) is 3.04. The fraction of sp³-hybridized carbons (Fsp3) is 0.400. The first-order chi connectivity index (χ1) is 12.3. The molecule has 3 rings (SSSR count). The second-order valence-electron chi connectivity index (χ2n) is 5.94. The number of carbonyl (C=O) groups excluding carboxylic acids is 1. The third kappa shape index (κ3) is 3.75. The van der Waals surface area contributed by atoms with E-state index in [9.17, 15) is 17.6 Å². The Hall–Kier alpha value is -1.95. The van der Waals surface area contributed by atoms with Crippen LogP contribution < -0.4 is 5.32 Å². The number of sulfonamides is 1. The van der Waals surface area contributed by atoms with E-state index in [1.54, 1.807) is 18.2 Å². The minimum absolute atomic E-state index is 0.106. The molecule has 0 spiro atoms. The maximum absolute atomic E-state index is 14.2. The van der Waals surface area contributed by atoms with Gasteiger partial charge in [0, 0.05) is 32.1 Å². The van der Waals surface area contributed by atoms with Gasteiger partial charge >= 0.3 is 0 Å². The third-order valence-electron chi connectivity index (χ3n) is 4.12. The number of carbonyl (C=O) groups is 1. The highest BCUT2D eigenvalue weighted by Gasteiger charge is 2.36. The molecule has 1 aromatic heterocycles. The van der Waals surface area contributed by atoms with Crippen molar-refractivity contribution >= 4 is 32.4 Å². The minimum atomic E-state index is -3.88. The van der Waals surface area contributed by atoms with Gasteiger partial charge in [-0.1, -0.05) is 29.5 Å². The SMILES string of the molecule is CC(=O)Nc1nnc(S(=O)(=O)N2CCN(C)C(c3ccccc3F)C2)s1. The Morgan fingerprint density at radius 3 is 2.73 bits per heavy atom. The van der Waals surface area contributed by atoms with Crippen molar-refractivity contribution in [2.75, 3.05) is 32.0 Å². The van der Waals surface area contributed by atoms with Crippen molar-refractivity contribution in [2.45, 2.75) is 17.3 Å². The fourth-order valence-corrected chi connectivity index (χ4v) is 5.30. The van der Waals surface area contributed by atoms with Gasteiger partial charge in [-0.25, -0.2) is 12.8 Å². The number of aromatic nitrogens is 2. The molecule has 1 aliphatic rings. The van der Waals surface area contributed by atoms with Crippen LogP contribution in [0.4, 0.5) is 9.52 Å². The van der Waals surface area contributed by atoms with Crippen LogP contribution in [0.15, 0.2) is 28.6 Å². The number of anilines is 1. The molecule has 26 heavy (non-hydrogen) atoms. The van der Waals surface area contributed by atoms with E-state index in [1.807, 2.05) is 11.9 Å². The molecule has 1 aromatic carbocycles. The topological polar surface area (TPSA) is 95.5 Å². The zero-order valence-electron chi connectivity index (χ0n) is 14.2. The molecule has 1 unspecified atom stereocenters. The van der Waals surface area contributed by atoms with Crippen LogP contribution in [-0.4, -0.2) is 60.4 Å². The summed E-state index contributed by atoms with van der Waals surface area (Å²) in [6, 6.07) is 5.95. The van der Waals surface area contributed by atoms with E-state index in [2.05, 4.69) is 15.5 Å². The lowest BCUT2D eigenvalue weighted by molar-refractivity contribution is -0.114. The second-order valence-corrected chi connectivity index (χ2v) is 9.02. The zero-order valence-corrected chi connectivity index (χ0v) is 15.8. The van der Waals surface area contributed by atoms with Crippen molar-refractivity contribution in [3.63, 3.8) is 0 Å². The number of nitrogens with one attached hydrogen (secondary N) is 1. The summed E-state index contributed by atoms with van der Waals surface area (Å²) in [7, 11) is -2.04. The molecule has 1 amide bonds. The van der Waals surface area contributed by atoms with Crippen LogP contribution in [0.1, 0.15) is 18.5 Å². The predicted octanol–water partition coefficient (Wildman–Crippen LogP) is 1.31. The summed E-state index contributed by atoms with van der Waals surface area (Å²) < 4.78 is 41.0. The molecule has 11 heteroatoms. The molecule has 1 atom stereocenters. The van der Waals surface area contributed by atoms with Gasteiger partial charge in [0.15, 0.2) is 0 Å². The largest absolute Gasteiger partial charge is 0.301 e. The Balaban J connectivity index is 1.85. The van der Waals surface area contributed by atoms with Crippen LogP contribution in [0.25, 0.3) is 0 Å². The van der Waals surface area contributed by atoms with Crippen molar-refractivity contribution < 1.29 is 17.6 Å². The van der Waals surface area contributed by atoms with Crippen LogP contribution in [0.5, 0.6) is 0 Å². The molecule has 0 saturated carbocycles. The smallest absolute Gasteiger partial charge is 0.272 e. The van der Waals surface area contributed by atoms with Crippen molar-refractivity contribution in [1.82, 2.24) is 19.4 Å². The summed E-state index contributed by atoms with van der Waals surface area (Å²) in [4.78, 5) is 13.0. The summed E-state index contributed by atoms with van der Waals surface area (Å²) in [5.41, 5.74) is 0.450. The molecule has 1 fully saturated rings. The number of rotatable bonds is 4. The number of piperazine rings is 1. The third-order valence-corrected chi connectivity index (χ3v) is 7.17. The van der Waals surface area contributed by atoms with Crippen LogP contribution in [0, 0.1) is 5.82 Å². The number of amides is 1. The maximum Gasteiger partial charge on any atom is 0.272 e. The Morgan fingerprint density at radius 1 is 1.31 bits per heavy atom. The van der Waals surface area contributed by atoms with Gasteiger partial charge in [-0.05, 0) is 13.1 Å². The van der Waals surface area contributed by atoms with Crippen LogP contribution in [0.2, 0.25) is 0 Å². The molecule has 140 valence electrons. The summed E-state index contributed by atoms with van der Waals surface area (Å²) in [5, 5.41) is 9.91. The van der Waals surface area contributed by atoms with E-state index in [1.165, 1.54) is 17.3 Å². The Labute approximate surface area is 154 Å². The van der Waals surface area contributed by atoms with E-state index < -0.39 is 16.1 Å². The predicted molar refractivity (Wildman–Crippen MR) is 94.7 cm³/mol. The molecule has 1 N–H and O–H groups in total. The average molecular weight is 399 g/mol. The maximum atomic E-state index is 14.2. The van der Waals surface area contributed by atoms with Gasteiger partial charge in [0.25, 0.3) is 10.0 Å². The molecule has 2 heterocycles. The Kier molecular flexibility index (Phi) is 5.32. The molecule has 0 radical (unpaired) electrons. The quantitative estimate of drug-likeness (QED) is 0.779. The standard InChI is InChI=1S/C15H18FN5O3S2/c1-10(22)17-14-18-19-15(25-14)26(23,24)21-8-7-20(2)13(9-21)11-5-3-4-6-12(11)16/h3-6,13H,7-9H2,1-2H3,(H,17,18,22). The number of nitrogens with zero attached hydrogens (tertiary/aromatic N) is 4. The van der Waals surface area contributed by atoms with Crippen LogP contribution in [-0.2, 0) is 14.8 Å². The second kappa shape index (κ2) is 7.35. The monoisotopic (exact) mass is 399 g/mol. The highest BCUT2D eigenvalue weighted by molar-refractivity contribution is 7.91. The van der Waals surface area contributed by atoms with Crippen molar-refractivity contribution in [1.29, 1.82) is 0 Å². The zero-order chi connectivity index (χ0) is 18.9. The fourth-order valence-electron chi connectivity index (χ4n) is 2.77. The number of benzene rings is 1. The van der Waals surface area contributed by atoms with E-state index >= 15 is 0 Å². The van der Waals surface area contributed by atoms with Crippen LogP contribution >= 0.6 is 11.3 Å². The van der Waals surface area contributed by atoms with Crippen molar-refractivity contribution in [3.05, 3.63) is 35.6 Å². The highest BCUT2D eigenvalue weighted by Crippen LogP contribution is 2.30. The summed E-state index contributed by atoms with van der Waals surface area (Å²) in [6.45, 7) is 2.12. The van der Waals surface area contributed by atoms with E-state index in [4.69, 9.17) is 0 Å². The lowest BCUT2D eigenvalue weighted by atomic mass is 10.0. The van der Waals surface area contributed by atoms with Gasteiger partial charge in [-0.15, -0.1) is 10.2 Å². The first-order valence-corrected chi connectivity index (χ1v) is 10.1. The molecule has 1 saturated heterocycles. The molecule has 0 aliphatic carbocycles. The van der Waals surface area contributed by atoms with Gasteiger partial charge < -0.3 is 5.32 Å².